The molecule has 2 unspecified atom stereocenters. The molecule has 5 N–H and O–H groups in total. The van der Waals surface area contributed by atoms with Gasteiger partial charge in [-0.15, -0.1) is 0 Å². The van der Waals surface area contributed by atoms with E-state index in [1.54, 1.807) is 11.1 Å². The molecule has 1 aromatic rings. The fraction of sp³-hybridized carbons (Fsp3) is 0.458. The summed E-state index contributed by atoms with van der Waals surface area (Å²) < 4.78 is 14.9. The number of nitrogens with zero attached hydrogens (tertiary/aromatic N) is 1. The second-order valence-electron chi connectivity index (χ2n) is 9.87. The summed E-state index contributed by atoms with van der Waals surface area (Å²) >= 11 is 0. The number of carbonyl (C=O) groups excluding carboxylic acids is 2. The molecule has 1 heterocycles. The van der Waals surface area contributed by atoms with E-state index in [-0.39, 0.29) is 23.1 Å². The molecule has 1 aliphatic carbocycles. The molecule has 0 spiro atoms. The number of allylic oxidation sites excluding steroid dienone is 1. The maximum Gasteiger partial charge on any atom is 0.268 e. The third-order valence-corrected chi connectivity index (χ3v) is 6.03. The SMILES string of the molecule is CC1(c2ccc(C(NC(=O)/C(=C/C(N)=O)N3CC3N/C=C\C=N)C(C)(C)C)cc2F)CC1. The molecule has 172 valence electrons. The molecule has 32 heavy (non-hydrogen) atoms. The average Bonchev–Trinajstić information content (AvgIpc) is 3.61. The number of benzene rings is 1. The standard InChI is InChI=1S/C24H32FN5O2/c1-23(2,3)21(15-6-7-16(17(25)12-15)24(4)8-9-24)29-22(32)18(13-19(27)31)30-14-20(30)28-11-5-10-26/h5-7,10-13,20-21,26,28H,8-9,14H2,1-4H3,(H2,27,31)(H,29,32)/b11-5-,18-13-,26-10?. The first kappa shape index (κ1) is 23.5. The molecule has 0 radical (unpaired) electrons. The van der Waals surface area contributed by atoms with Gasteiger partial charge in [-0.3, -0.25) is 9.59 Å². The second-order valence-corrected chi connectivity index (χ2v) is 9.87. The highest BCUT2D eigenvalue weighted by Gasteiger charge is 2.42. The minimum atomic E-state index is -0.726. The lowest BCUT2D eigenvalue weighted by atomic mass is 9.81. The van der Waals surface area contributed by atoms with Crippen LogP contribution >= 0.6 is 0 Å². The van der Waals surface area contributed by atoms with E-state index in [9.17, 15) is 14.0 Å². The van der Waals surface area contributed by atoms with E-state index < -0.39 is 23.3 Å². The van der Waals surface area contributed by atoms with E-state index >= 15 is 0 Å². The van der Waals surface area contributed by atoms with Gasteiger partial charge in [-0.1, -0.05) is 39.8 Å². The molecule has 8 heteroatoms. The zero-order valence-electron chi connectivity index (χ0n) is 19.0. The van der Waals surface area contributed by atoms with Gasteiger partial charge in [-0.05, 0) is 53.1 Å². The van der Waals surface area contributed by atoms with Crippen LogP contribution in [0.2, 0.25) is 0 Å². The number of primary amides is 1. The zero-order chi connectivity index (χ0) is 23.7. The van der Waals surface area contributed by atoms with Gasteiger partial charge in [-0.2, -0.15) is 0 Å². The van der Waals surface area contributed by atoms with Crippen LogP contribution in [-0.4, -0.2) is 35.6 Å². The number of carbonyl (C=O) groups is 2. The third kappa shape index (κ3) is 5.36. The maximum atomic E-state index is 14.9. The molecule has 7 nitrogen and oxygen atoms in total. The predicted octanol–water partition coefficient (Wildman–Crippen LogP) is 2.84. The van der Waals surface area contributed by atoms with Crippen LogP contribution < -0.4 is 16.4 Å². The third-order valence-electron chi connectivity index (χ3n) is 6.03. The van der Waals surface area contributed by atoms with Gasteiger partial charge in [-0.25, -0.2) is 4.39 Å². The Morgan fingerprint density at radius 1 is 1.34 bits per heavy atom. The van der Waals surface area contributed by atoms with Gasteiger partial charge in [0.25, 0.3) is 5.91 Å². The highest BCUT2D eigenvalue weighted by Crippen LogP contribution is 2.49. The van der Waals surface area contributed by atoms with Gasteiger partial charge in [0.05, 0.1) is 12.6 Å². The molecule has 2 aliphatic rings. The molecular weight excluding hydrogens is 409 g/mol. The maximum absolute atomic E-state index is 14.9. The highest BCUT2D eigenvalue weighted by molar-refractivity contribution is 6.00. The van der Waals surface area contributed by atoms with Crippen molar-refractivity contribution in [2.45, 2.75) is 58.2 Å². The van der Waals surface area contributed by atoms with E-state index in [0.717, 1.165) is 25.1 Å². The van der Waals surface area contributed by atoms with Gasteiger partial charge in [0.15, 0.2) is 0 Å². The number of rotatable bonds is 9. The van der Waals surface area contributed by atoms with E-state index in [1.807, 2.05) is 32.9 Å². The summed E-state index contributed by atoms with van der Waals surface area (Å²) in [7, 11) is 0. The number of halogens is 1. The van der Waals surface area contributed by atoms with Crippen LogP contribution in [0.15, 0.2) is 42.2 Å². The summed E-state index contributed by atoms with van der Waals surface area (Å²) in [5.74, 6) is -1.44. The molecule has 1 saturated heterocycles. The Morgan fingerprint density at radius 2 is 2.03 bits per heavy atom. The van der Waals surface area contributed by atoms with Gasteiger partial charge < -0.3 is 26.7 Å². The lowest BCUT2D eigenvalue weighted by Gasteiger charge is -2.33. The van der Waals surface area contributed by atoms with Crippen molar-refractivity contribution in [3.8, 4) is 0 Å². The largest absolute Gasteiger partial charge is 0.370 e. The Morgan fingerprint density at radius 3 is 2.56 bits per heavy atom. The average molecular weight is 442 g/mol. The zero-order valence-corrected chi connectivity index (χ0v) is 19.0. The van der Waals surface area contributed by atoms with Crippen LogP contribution in [0.4, 0.5) is 4.39 Å². The molecule has 3 rings (SSSR count). The van der Waals surface area contributed by atoms with Crippen molar-refractivity contribution < 1.29 is 14.0 Å². The first-order valence-electron chi connectivity index (χ1n) is 10.8. The summed E-state index contributed by atoms with van der Waals surface area (Å²) in [5, 5.41) is 13.0. The van der Waals surface area contributed by atoms with Gasteiger partial charge in [0.1, 0.15) is 17.7 Å². The Hall–Kier alpha value is -3.16. The predicted molar refractivity (Wildman–Crippen MR) is 122 cm³/mol. The normalized spacial score (nSPS) is 20.6. The molecular formula is C24H32FN5O2. The lowest BCUT2D eigenvalue weighted by molar-refractivity contribution is -0.120. The van der Waals surface area contributed by atoms with Gasteiger partial charge in [0.2, 0.25) is 5.91 Å². The number of amides is 2. The van der Waals surface area contributed by atoms with Crippen molar-refractivity contribution in [2.75, 3.05) is 6.54 Å². The summed E-state index contributed by atoms with van der Waals surface area (Å²) in [5.41, 5.74) is 6.37. The van der Waals surface area contributed by atoms with Crippen molar-refractivity contribution >= 4 is 18.0 Å². The van der Waals surface area contributed by atoms with Crippen molar-refractivity contribution in [1.82, 2.24) is 15.5 Å². The molecule has 1 aromatic carbocycles. The minimum absolute atomic E-state index is 0.0894. The summed E-state index contributed by atoms with van der Waals surface area (Å²) in [4.78, 5) is 26.5. The molecule has 2 atom stereocenters. The summed E-state index contributed by atoms with van der Waals surface area (Å²) in [6.07, 6.45) is 7.13. The van der Waals surface area contributed by atoms with E-state index in [4.69, 9.17) is 11.1 Å². The fourth-order valence-electron chi connectivity index (χ4n) is 3.84. The number of nitrogens with one attached hydrogen (secondary N) is 3. The van der Waals surface area contributed by atoms with Crippen LogP contribution in [-0.2, 0) is 15.0 Å². The van der Waals surface area contributed by atoms with Crippen molar-refractivity contribution in [3.63, 3.8) is 0 Å². The smallest absolute Gasteiger partial charge is 0.268 e. The topological polar surface area (TPSA) is 111 Å². The van der Waals surface area contributed by atoms with Crippen LogP contribution in [0, 0.1) is 16.6 Å². The van der Waals surface area contributed by atoms with E-state index in [0.29, 0.717) is 17.7 Å². The Kier molecular flexibility index (Phi) is 6.44. The van der Waals surface area contributed by atoms with Crippen LogP contribution in [0.5, 0.6) is 0 Å². The van der Waals surface area contributed by atoms with Crippen molar-refractivity contribution in [3.05, 3.63) is 59.2 Å². The molecule has 1 aliphatic heterocycles. The van der Waals surface area contributed by atoms with Crippen LogP contribution in [0.25, 0.3) is 0 Å². The lowest BCUT2D eigenvalue weighted by Crippen LogP contribution is -2.39. The summed E-state index contributed by atoms with van der Waals surface area (Å²) in [6, 6.07) is 4.73. The number of hydrogen-bond donors (Lipinski definition) is 4. The quantitative estimate of drug-likeness (QED) is 0.268. The second kappa shape index (κ2) is 8.76. The first-order chi connectivity index (χ1) is 15.0. The number of hydrogen-bond acceptors (Lipinski definition) is 5. The monoisotopic (exact) mass is 441 g/mol. The molecule has 2 amide bonds. The highest BCUT2D eigenvalue weighted by atomic mass is 19.1. The van der Waals surface area contributed by atoms with Crippen molar-refractivity contribution in [1.29, 1.82) is 5.41 Å². The Balaban J connectivity index is 1.82. The first-order valence-corrected chi connectivity index (χ1v) is 10.8. The van der Waals surface area contributed by atoms with Gasteiger partial charge >= 0.3 is 0 Å². The number of nitrogens with two attached hydrogens (primary N) is 1. The molecule has 0 aromatic heterocycles. The molecule has 2 fully saturated rings. The van der Waals surface area contributed by atoms with Crippen molar-refractivity contribution in [2.24, 2.45) is 11.1 Å². The van der Waals surface area contributed by atoms with Crippen LogP contribution in [0.3, 0.4) is 0 Å². The minimum Gasteiger partial charge on any atom is -0.370 e. The van der Waals surface area contributed by atoms with E-state index in [1.165, 1.54) is 12.1 Å². The van der Waals surface area contributed by atoms with E-state index in [2.05, 4.69) is 17.6 Å². The Bertz CT molecular complexity index is 975. The van der Waals surface area contributed by atoms with Crippen LogP contribution in [0.1, 0.15) is 57.7 Å². The Labute approximate surface area is 188 Å². The van der Waals surface area contributed by atoms with Gasteiger partial charge in [0, 0.05) is 12.3 Å². The molecule has 0 bridgehead atoms. The molecule has 1 saturated carbocycles. The fourth-order valence-corrected chi connectivity index (χ4v) is 3.84. The summed E-state index contributed by atoms with van der Waals surface area (Å²) in [6.45, 7) is 8.46.